The summed E-state index contributed by atoms with van der Waals surface area (Å²) < 4.78 is 7.16. The molecule has 0 aliphatic rings. The van der Waals surface area contributed by atoms with Gasteiger partial charge in [0.25, 0.3) is 0 Å². The van der Waals surface area contributed by atoms with E-state index in [-0.39, 0.29) is 12.4 Å². The third-order valence-corrected chi connectivity index (χ3v) is 2.50. The van der Waals surface area contributed by atoms with Gasteiger partial charge >= 0.3 is 0 Å². The highest BCUT2D eigenvalue weighted by atomic mass is 35.5. The van der Waals surface area contributed by atoms with E-state index in [1.807, 2.05) is 24.9 Å². The van der Waals surface area contributed by atoms with Gasteiger partial charge in [0.1, 0.15) is 0 Å². The van der Waals surface area contributed by atoms with Crippen molar-refractivity contribution in [1.82, 2.24) is 15.1 Å². The Morgan fingerprint density at radius 3 is 2.81 bits per heavy atom. The molecule has 0 saturated carbocycles. The van der Waals surface area contributed by atoms with Gasteiger partial charge in [0.15, 0.2) is 0 Å². The zero-order valence-electron chi connectivity index (χ0n) is 10.3. The van der Waals surface area contributed by atoms with Crippen molar-refractivity contribution in [2.24, 2.45) is 7.05 Å². The number of aryl methyl sites for hydroxylation is 1. The maximum absolute atomic E-state index is 5.26. The predicted molar refractivity (Wildman–Crippen MR) is 68.0 cm³/mol. The quantitative estimate of drug-likeness (QED) is 0.745. The summed E-state index contributed by atoms with van der Waals surface area (Å²) in [6, 6.07) is 0. The van der Waals surface area contributed by atoms with Gasteiger partial charge in [-0.05, 0) is 26.8 Å². The van der Waals surface area contributed by atoms with Crippen LogP contribution in [0.1, 0.15) is 24.6 Å². The number of ether oxygens (including phenoxy) is 1. The summed E-state index contributed by atoms with van der Waals surface area (Å²) in [4.78, 5) is 0. The Kier molecular flexibility index (Phi) is 8.25. The first kappa shape index (κ1) is 15.4. The van der Waals surface area contributed by atoms with Crippen LogP contribution in [0.15, 0.2) is 6.20 Å². The van der Waals surface area contributed by atoms with Crippen molar-refractivity contribution in [3.8, 4) is 0 Å². The van der Waals surface area contributed by atoms with E-state index in [0.717, 1.165) is 32.7 Å². The molecule has 0 aliphatic carbocycles. The van der Waals surface area contributed by atoms with Crippen LogP contribution in [0.5, 0.6) is 0 Å². The van der Waals surface area contributed by atoms with Gasteiger partial charge in [-0.3, -0.25) is 4.68 Å². The second-order valence-electron chi connectivity index (χ2n) is 3.61. The fourth-order valence-corrected chi connectivity index (χ4v) is 1.38. The van der Waals surface area contributed by atoms with E-state index in [1.165, 1.54) is 11.3 Å². The molecule has 4 nitrogen and oxygen atoms in total. The first-order valence-corrected chi connectivity index (χ1v) is 5.51. The van der Waals surface area contributed by atoms with E-state index < -0.39 is 0 Å². The van der Waals surface area contributed by atoms with Crippen molar-refractivity contribution < 1.29 is 4.74 Å². The van der Waals surface area contributed by atoms with Crippen LogP contribution in [0.3, 0.4) is 0 Å². The van der Waals surface area contributed by atoms with Crippen molar-refractivity contribution >= 4 is 12.4 Å². The third kappa shape index (κ3) is 4.96. The first-order chi connectivity index (χ1) is 7.25. The third-order valence-electron chi connectivity index (χ3n) is 2.50. The molecular weight excluding hydrogens is 226 g/mol. The number of aromatic nitrogens is 2. The van der Waals surface area contributed by atoms with Crippen molar-refractivity contribution in [3.05, 3.63) is 17.5 Å². The van der Waals surface area contributed by atoms with Crippen LogP contribution in [0.2, 0.25) is 0 Å². The van der Waals surface area contributed by atoms with E-state index in [1.54, 1.807) is 0 Å². The zero-order valence-corrected chi connectivity index (χ0v) is 11.1. The van der Waals surface area contributed by atoms with Crippen LogP contribution < -0.4 is 5.32 Å². The average Bonchev–Trinajstić information content (AvgIpc) is 2.54. The van der Waals surface area contributed by atoms with Crippen LogP contribution in [0.25, 0.3) is 0 Å². The van der Waals surface area contributed by atoms with Crippen LogP contribution in [0, 0.1) is 6.92 Å². The molecule has 16 heavy (non-hydrogen) atoms. The molecule has 0 bridgehead atoms. The Hall–Kier alpha value is -0.580. The molecule has 0 aliphatic heterocycles. The fourth-order valence-electron chi connectivity index (χ4n) is 1.38. The monoisotopic (exact) mass is 247 g/mol. The molecule has 0 saturated heterocycles. The molecule has 1 heterocycles. The Balaban J connectivity index is 0.00000225. The maximum Gasteiger partial charge on any atom is 0.0537 e. The Morgan fingerprint density at radius 1 is 1.50 bits per heavy atom. The molecule has 5 heteroatoms. The molecule has 1 rings (SSSR count). The molecule has 0 amide bonds. The van der Waals surface area contributed by atoms with Crippen molar-refractivity contribution in [2.75, 3.05) is 19.8 Å². The van der Waals surface area contributed by atoms with Crippen LogP contribution >= 0.6 is 12.4 Å². The second-order valence-corrected chi connectivity index (χ2v) is 3.61. The highest BCUT2D eigenvalue weighted by Gasteiger charge is 2.01. The first-order valence-electron chi connectivity index (χ1n) is 5.51. The molecule has 0 fully saturated rings. The van der Waals surface area contributed by atoms with Crippen LogP contribution in [-0.4, -0.2) is 29.5 Å². The maximum atomic E-state index is 5.26. The molecule has 0 radical (unpaired) electrons. The van der Waals surface area contributed by atoms with E-state index in [0.29, 0.717) is 0 Å². The van der Waals surface area contributed by atoms with Crippen molar-refractivity contribution in [1.29, 1.82) is 0 Å². The van der Waals surface area contributed by atoms with Gasteiger partial charge in [-0.2, -0.15) is 5.10 Å². The SMILES string of the molecule is CCOCCCNCc1cnn(C)c1C.Cl. The lowest BCUT2D eigenvalue weighted by atomic mass is 10.2. The number of hydrogen-bond acceptors (Lipinski definition) is 3. The molecule has 1 N–H and O–H groups in total. The van der Waals surface area contributed by atoms with Crippen LogP contribution in [0.4, 0.5) is 0 Å². The number of rotatable bonds is 7. The van der Waals surface area contributed by atoms with Gasteiger partial charge < -0.3 is 10.1 Å². The summed E-state index contributed by atoms with van der Waals surface area (Å²) in [6.45, 7) is 7.65. The van der Waals surface area contributed by atoms with Gasteiger partial charge in [0, 0.05) is 38.1 Å². The number of hydrogen-bond donors (Lipinski definition) is 1. The highest BCUT2D eigenvalue weighted by Crippen LogP contribution is 2.04. The fraction of sp³-hybridized carbons (Fsp3) is 0.727. The summed E-state index contributed by atoms with van der Waals surface area (Å²) in [5, 5.41) is 7.58. The summed E-state index contributed by atoms with van der Waals surface area (Å²) in [5.41, 5.74) is 2.50. The Bertz CT molecular complexity index is 289. The smallest absolute Gasteiger partial charge is 0.0537 e. The van der Waals surface area contributed by atoms with Gasteiger partial charge in [-0.25, -0.2) is 0 Å². The standard InChI is InChI=1S/C11H21N3O.ClH/c1-4-15-7-5-6-12-8-11-9-13-14(3)10(11)2;/h9,12H,4-8H2,1-3H3;1H. The molecule has 94 valence electrons. The van der Waals surface area contributed by atoms with Crippen LogP contribution in [-0.2, 0) is 18.3 Å². The average molecular weight is 248 g/mol. The van der Waals surface area contributed by atoms with Gasteiger partial charge in [-0.15, -0.1) is 12.4 Å². The molecule has 0 spiro atoms. The summed E-state index contributed by atoms with van der Waals surface area (Å²) in [6.07, 6.45) is 2.98. The number of nitrogens with zero attached hydrogens (tertiary/aromatic N) is 2. The van der Waals surface area contributed by atoms with E-state index in [4.69, 9.17) is 4.74 Å². The lowest BCUT2D eigenvalue weighted by molar-refractivity contribution is 0.144. The minimum atomic E-state index is 0. The molecule has 1 aromatic heterocycles. The number of nitrogens with one attached hydrogen (secondary N) is 1. The summed E-state index contributed by atoms with van der Waals surface area (Å²) >= 11 is 0. The minimum Gasteiger partial charge on any atom is -0.382 e. The molecule has 0 unspecified atom stereocenters. The molecule has 1 aromatic rings. The van der Waals surface area contributed by atoms with E-state index in [2.05, 4.69) is 17.3 Å². The number of halogens is 1. The zero-order chi connectivity index (χ0) is 11.1. The minimum absolute atomic E-state index is 0. The van der Waals surface area contributed by atoms with Gasteiger partial charge in [0.05, 0.1) is 6.20 Å². The largest absolute Gasteiger partial charge is 0.382 e. The van der Waals surface area contributed by atoms with E-state index in [9.17, 15) is 0 Å². The predicted octanol–water partition coefficient (Wildman–Crippen LogP) is 1.67. The Morgan fingerprint density at radius 2 is 2.25 bits per heavy atom. The van der Waals surface area contributed by atoms with Crippen molar-refractivity contribution in [3.63, 3.8) is 0 Å². The second kappa shape index (κ2) is 8.56. The lowest BCUT2D eigenvalue weighted by Crippen LogP contribution is -2.16. The van der Waals surface area contributed by atoms with E-state index >= 15 is 0 Å². The molecule has 0 atom stereocenters. The normalized spacial score (nSPS) is 10.2. The summed E-state index contributed by atoms with van der Waals surface area (Å²) in [5.74, 6) is 0. The molecule has 0 aromatic carbocycles. The van der Waals surface area contributed by atoms with Gasteiger partial charge in [0.2, 0.25) is 0 Å². The Labute approximate surface area is 104 Å². The van der Waals surface area contributed by atoms with Crippen molar-refractivity contribution in [2.45, 2.75) is 26.8 Å². The topological polar surface area (TPSA) is 39.1 Å². The summed E-state index contributed by atoms with van der Waals surface area (Å²) in [7, 11) is 1.97. The lowest BCUT2D eigenvalue weighted by Gasteiger charge is -2.04. The molecular formula is C11H22ClN3O. The highest BCUT2D eigenvalue weighted by molar-refractivity contribution is 5.85. The van der Waals surface area contributed by atoms with Gasteiger partial charge in [-0.1, -0.05) is 0 Å².